The first-order chi connectivity index (χ1) is 14.0. The molecule has 3 rings (SSSR count). The number of aryl methyl sites for hydroxylation is 2. The van der Waals surface area contributed by atoms with Gasteiger partial charge in [0, 0.05) is 12.7 Å². The number of rotatable bonds is 7. The predicted molar refractivity (Wildman–Crippen MR) is 110 cm³/mol. The highest BCUT2D eigenvalue weighted by Gasteiger charge is 2.16. The van der Waals surface area contributed by atoms with E-state index in [4.69, 9.17) is 4.74 Å². The van der Waals surface area contributed by atoms with E-state index in [1.54, 1.807) is 11.7 Å². The Bertz CT molecular complexity index is 1010. The van der Waals surface area contributed by atoms with E-state index in [1.807, 2.05) is 62.4 Å². The zero-order chi connectivity index (χ0) is 20.8. The SMILES string of the molecule is Cc1ccc(C)c(-n2nnnc2SCC(=O)OCC(=O)N(C)c2ccccc2)c1. The molecule has 0 saturated heterocycles. The van der Waals surface area contributed by atoms with Gasteiger partial charge in [0.2, 0.25) is 5.16 Å². The number of thioether (sulfide) groups is 1. The minimum atomic E-state index is -0.514. The van der Waals surface area contributed by atoms with Crippen LogP contribution in [0, 0.1) is 13.8 Å². The van der Waals surface area contributed by atoms with Crippen molar-refractivity contribution >= 4 is 29.3 Å². The third-order valence-electron chi connectivity index (χ3n) is 4.23. The molecule has 0 unspecified atom stereocenters. The Morgan fingerprint density at radius 3 is 2.66 bits per heavy atom. The Kier molecular flexibility index (Phi) is 6.61. The molecule has 0 aliphatic rings. The molecular formula is C20H21N5O3S. The molecule has 0 fully saturated rings. The molecule has 0 aliphatic heterocycles. The van der Waals surface area contributed by atoms with Crippen LogP contribution in [0.15, 0.2) is 53.7 Å². The third kappa shape index (κ3) is 5.20. The summed E-state index contributed by atoms with van der Waals surface area (Å²) >= 11 is 1.16. The molecule has 0 bridgehead atoms. The van der Waals surface area contributed by atoms with Crippen LogP contribution in [0.5, 0.6) is 0 Å². The van der Waals surface area contributed by atoms with Gasteiger partial charge in [-0.1, -0.05) is 42.1 Å². The molecular weight excluding hydrogens is 390 g/mol. The number of esters is 1. The number of anilines is 1. The molecule has 0 saturated carbocycles. The second-order valence-corrected chi connectivity index (χ2v) is 7.34. The van der Waals surface area contributed by atoms with Gasteiger partial charge in [0.1, 0.15) is 0 Å². The Morgan fingerprint density at radius 1 is 1.14 bits per heavy atom. The number of nitrogens with zero attached hydrogens (tertiary/aromatic N) is 5. The minimum Gasteiger partial charge on any atom is -0.455 e. The number of hydrogen-bond acceptors (Lipinski definition) is 7. The van der Waals surface area contributed by atoms with Crippen LogP contribution < -0.4 is 4.90 Å². The number of carbonyl (C=O) groups excluding carboxylic acids is 2. The summed E-state index contributed by atoms with van der Waals surface area (Å²) in [6.45, 7) is 3.63. The first-order valence-electron chi connectivity index (χ1n) is 8.91. The summed E-state index contributed by atoms with van der Waals surface area (Å²) in [4.78, 5) is 25.7. The maximum absolute atomic E-state index is 12.2. The Morgan fingerprint density at radius 2 is 1.90 bits per heavy atom. The summed E-state index contributed by atoms with van der Waals surface area (Å²) in [6, 6.07) is 15.1. The van der Waals surface area contributed by atoms with Crippen LogP contribution in [0.1, 0.15) is 11.1 Å². The number of carbonyl (C=O) groups is 2. The fourth-order valence-electron chi connectivity index (χ4n) is 2.57. The molecule has 0 N–H and O–H groups in total. The van der Waals surface area contributed by atoms with E-state index in [1.165, 1.54) is 4.90 Å². The lowest BCUT2D eigenvalue weighted by Gasteiger charge is -2.17. The number of amides is 1. The molecule has 0 spiro atoms. The summed E-state index contributed by atoms with van der Waals surface area (Å²) in [5, 5.41) is 12.2. The van der Waals surface area contributed by atoms with Gasteiger partial charge in [0.15, 0.2) is 6.61 Å². The van der Waals surface area contributed by atoms with E-state index < -0.39 is 5.97 Å². The highest BCUT2D eigenvalue weighted by molar-refractivity contribution is 7.99. The third-order valence-corrected chi connectivity index (χ3v) is 5.12. The van der Waals surface area contributed by atoms with Crippen LogP contribution in [-0.4, -0.2) is 51.5 Å². The molecule has 2 aromatic carbocycles. The van der Waals surface area contributed by atoms with Gasteiger partial charge in [0.05, 0.1) is 11.4 Å². The predicted octanol–water partition coefficient (Wildman–Crippen LogP) is 2.58. The largest absolute Gasteiger partial charge is 0.455 e. The van der Waals surface area contributed by atoms with Crippen LogP contribution in [0.4, 0.5) is 5.69 Å². The Hall–Kier alpha value is -3.20. The van der Waals surface area contributed by atoms with E-state index in [0.717, 1.165) is 34.3 Å². The van der Waals surface area contributed by atoms with Crippen LogP contribution in [-0.2, 0) is 14.3 Å². The van der Waals surface area contributed by atoms with Gasteiger partial charge in [0.25, 0.3) is 5.91 Å². The van der Waals surface area contributed by atoms with Crippen molar-refractivity contribution in [3.8, 4) is 5.69 Å². The van der Waals surface area contributed by atoms with Crippen LogP contribution in [0.25, 0.3) is 5.69 Å². The highest BCUT2D eigenvalue weighted by Crippen LogP contribution is 2.21. The van der Waals surface area contributed by atoms with Crippen molar-refractivity contribution < 1.29 is 14.3 Å². The number of hydrogen-bond donors (Lipinski definition) is 0. The van der Waals surface area contributed by atoms with Crippen molar-refractivity contribution in [3.05, 3.63) is 59.7 Å². The lowest BCUT2D eigenvalue weighted by molar-refractivity contribution is -0.145. The van der Waals surface area contributed by atoms with E-state index in [0.29, 0.717) is 5.16 Å². The first kappa shape index (κ1) is 20.5. The van der Waals surface area contributed by atoms with Crippen LogP contribution in [0.3, 0.4) is 0 Å². The quantitative estimate of drug-likeness (QED) is 0.436. The molecule has 150 valence electrons. The zero-order valence-electron chi connectivity index (χ0n) is 16.4. The first-order valence-corrected chi connectivity index (χ1v) is 9.90. The molecule has 1 heterocycles. The molecule has 3 aromatic rings. The molecule has 29 heavy (non-hydrogen) atoms. The van der Waals surface area contributed by atoms with Crippen molar-refractivity contribution in [3.63, 3.8) is 0 Å². The molecule has 9 heteroatoms. The Labute approximate surface area is 172 Å². The molecule has 0 atom stereocenters. The molecule has 1 amide bonds. The second-order valence-electron chi connectivity index (χ2n) is 6.40. The number of para-hydroxylation sites is 1. The smallest absolute Gasteiger partial charge is 0.316 e. The highest BCUT2D eigenvalue weighted by atomic mass is 32.2. The summed E-state index contributed by atoms with van der Waals surface area (Å²) < 4.78 is 6.70. The van der Waals surface area contributed by atoms with Gasteiger partial charge in [-0.25, -0.2) is 0 Å². The fraction of sp³-hybridized carbons (Fsp3) is 0.250. The van der Waals surface area contributed by atoms with Crippen molar-refractivity contribution in [2.24, 2.45) is 0 Å². The number of benzene rings is 2. The number of aromatic nitrogens is 4. The van der Waals surface area contributed by atoms with E-state index in [9.17, 15) is 9.59 Å². The topological polar surface area (TPSA) is 90.2 Å². The minimum absolute atomic E-state index is 0.00638. The van der Waals surface area contributed by atoms with Crippen molar-refractivity contribution in [2.45, 2.75) is 19.0 Å². The van der Waals surface area contributed by atoms with Gasteiger partial charge < -0.3 is 9.64 Å². The van der Waals surface area contributed by atoms with Gasteiger partial charge in [-0.2, -0.15) is 4.68 Å². The van der Waals surface area contributed by atoms with Crippen molar-refractivity contribution in [1.29, 1.82) is 0 Å². The normalized spacial score (nSPS) is 10.6. The van der Waals surface area contributed by atoms with Crippen LogP contribution >= 0.6 is 11.8 Å². The fourth-order valence-corrected chi connectivity index (χ4v) is 3.25. The van der Waals surface area contributed by atoms with Crippen LogP contribution in [0.2, 0.25) is 0 Å². The lowest BCUT2D eigenvalue weighted by Crippen LogP contribution is -2.31. The average molecular weight is 411 g/mol. The Balaban J connectivity index is 1.55. The second kappa shape index (κ2) is 9.33. The van der Waals surface area contributed by atoms with Gasteiger partial charge >= 0.3 is 5.97 Å². The van der Waals surface area contributed by atoms with Gasteiger partial charge in [-0.3, -0.25) is 9.59 Å². The summed E-state index contributed by atoms with van der Waals surface area (Å²) in [7, 11) is 1.64. The monoisotopic (exact) mass is 411 g/mol. The van der Waals surface area contributed by atoms with Gasteiger partial charge in [-0.05, 0) is 53.6 Å². The number of ether oxygens (including phenoxy) is 1. The molecule has 8 nitrogen and oxygen atoms in total. The maximum Gasteiger partial charge on any atom is 0.316 e. The summed E-state index contributed by atoms with van der Waals surface area (Å²) in [5.74, 6) is -0.830. The molecule has 1 aromatic heterocycles. The van der Waals surface area contributed by atoms with E-state index >= 15 is 0 Å². The summed E-state index contributed by atoms with van der Waals surface area (Å²) in [6.07, 6.45) is 0. The van der Waals surface area contributed by atoms with E-state index in [-0.39, 0.29) is 18.3 Å². The number of tetrazole rings is 1. The average Bonchev–Trinajstić information content (AvgIpc) is 3.20. The van der Waals surface area contributed by atoms with E-state index in [2.05, 4.69) is 15.5 Å². The lowest BCUT2D eigenvalue weighted by atomic mass is 10.1. The molecule has 0 aliphatic carbocycles. The summed E-state index contributed by atoms with van der Waals surface area (Å²) in [5.41, 5.74) is 3.68. The number of likely N-dealkylation sites (N-methyl/N-ethyl adjacent to an activating group) is 1. The standard InChI is InChI=1S/C20H21N5O3S/c1-14-9-10-15(2)17(11-14)25-20(21-22-23-25)29-13-19(27)28-12-18(26)24(3)16-7-5-4-6-8-16/h4-11H,12-13H2,1-3H3. The zero-order valence-corrected chi connectivity index (χ0v) is 17.2. The van der Waals surface area contributed by atoms with Crippen molar-refractivity contribution in [2.75, 3.05) is 24.3 Å². The maximum atomic E-state index is 12.2. The van der Waals surface area contributed by atoms with Gasteiger partial charge in [-0.15, -0.1) is 5.10 Å². The molecule has 0 radical (unpaired) electrons. The van der Waals surface area contributed by atoms with Crippen molar-refractivity contribution in [1.82, 2.24) is 20.2 Å².